The van der Waals surface area contributed by atoms with Crippen LogP contribution in [-0.2, 0) is 4.74 Å². The molecule has 0 aliphatic carbocycles. The monoisotopic (exact) mass is 298 g/mol. The van der Waals surface area contributed by atoms with Crippen molar-refractivity contribution in [1.82, 2.24) is 10.2 Å². The first kappa shape index (κ1) is 15.9. The van der Waals surface area contributed by atoms with E-state index in [2.05, 4.69) is 34.0 Å². The minimum absolute atomic E-state index is 0.366. The molecule has 2 heterocycles. The number of nitrogens with zero attached hydrogens (tertiary/aromatic N) is 1. The number of nitrogens with one attached hydrogen (secondary N) is 1. The Kier molecular flexibility index (Phi) is 6.45. The maximum absolute atomic E-state index is 9.76. The van der Waals surface area contributed by atoms with Crippen LogP contribution in [0.1, 0.15) is 31.4 Å². The van der Waals surface area contributed by atoms with Gasteiger partial charge in [-0.15, -0.1) is 0 Å². The van der Waals surface area contributed by atoms with E-state index in [4.69, 9.17) is 4.74 Å². The molecule has 0 saturated carbocycles. The molecule has 4 nitrogen and oxygen atoms in total. The number of hydrogen-bond acceptors (Lipinski definition) is 5. The maximum Gasteiger partial charge on any atom is 0.0900 e. The first-order valence-electron chi connectivity index (χ1n) is 7.36. The number of piperidine rings is 1. The molecule has 1 aromatic rings. The lowest BCUT2D eigenvalue weighted by Gasteiger charge is -2.34. The summed E-state index contributed by atoms with van der Waals surface area (Å²) in [6.45, 7) is 5.48. The second kappa shape index (κ2) is 8.10. The number of thiophene rings is 1. The lowest BCUT2D eigenvalue weighted by atomic mass is 10.0. The maximum atomic E-state index is 9.76. The van der Waals surface area contributed by atoms with E-state index in [0.717, 1.165) is 32.5 Å². The number of aliphatic hydroxyl groups excluding tert-OH is 1. The first-order valence-corrected chi connectivity index (χ1v) is 8.31. The molecule has 1 aromatic heterocycles. The molecular weight excluding hydrogens is 272 g/mol. The lowest BCUT2D eigenvalue weighted by molar-refractivity contribution is 0.0308. The van der Waals surface area contributed by atoms with Crippen molar-refractivity contribution in [2.24, 2.45) is 0 Å². The highest BCUT2D eigenvalue weighted by Gasteiger charge is 2.22. The second-order valence-electron chi connectivity index (χ2n) is 5.63. The summed E-state index contributed by atoms with van der Waals surface area (Å²) >= 11 is 1.75. The third-order valence-electron chi connectivity index (χ3n) is 3.94. The van der Waals surface area contributed by atoms with Crippen LogP contribution >= 0.6 is 11.3 Å². The molecule has 0 radical (unpaired) electrons. The van der Waals surface area contributed by atoms with E-state index in [-0.39, 0.29) is 6.10 Å². The molecule has 1 aliphatic heterocycles. The Balaban J connectivity index is 1.69. The summed E-state index contributed by atoms with van der Waals surface area (Å²) in [6, 6.07) is 3.20. The number of ether oxygens (including phenoxy) is 1. The van der Waals surface area contributed by atoms with Crippen LogP contribution in [0.4, 0.5) is 0 Å². The number of methoxy groups -OCH3 is 1. The van der Waals surface area contributed by atoms with Gasteiger partial charge >= 0.3 is 0 Å². The molecule has 0 spiro atoms. The van der Waals surface area contributed by atoms with Crippen molar-refractivity contribution in [3.05, 3.63) is 22.4 Å². The molecule has 5 heteroatoms. The van der Waals surface area contributed by atoms with E-state index in [1.165, 1.54) is 5.56 Å². The quantitative estimate of drug-likeness (QED) is 0.807. The van der Waals surface area contributed by atoms with E-state index < -0.39 is 0 Å². The Labute approximate surface area is 125 Å². The summed E-state index contributed by atoms with van der Waals surface area (Å²) in [4.78, 5) is 2.33. The third kappa shape index (κ3) is 4.82. The summed E-state index contributed by atoms with van der Waals surface area (Å²) in [5, 5.41) is 17.8. The van der Waals surface area contributed by atoms with Crippen molar-refractivity contribution in [2.75, 3.05) is 33.4 Å². The van der Waals surface area contributed by atoms with E-state index >= 15 is 0 Å². The molecule has 2 N–H and O–H groups in total. The van der Waals surface area contributed by atoms with E-state index in [1.807, 2.05) is 0 Å². The molecular formula is C15H26N2O2S. The zero-order chi connectivity index (χ0) is 14.4. The van der Waals surface area contributed by atoms with Crippen molar-refractivity contribution < 1.29 is 9.84 Å². The fourth-order valence-corrected chi connectivity index (χ4v) is 3.55. The summed E-state index contributed by atoms with van der Waals surface area (Å²) in [6.07, 6.45) is 1.93. The average molecular weight is 298 g/mol. The molecule has 0 amide bonds. The molecule has 0 bridgehead atoms. The van der Waals surface area contributed by atoms with Crippen LogP contribution in [0.3, 0.4) is 0 Å². The SMILES string of the molecule is COCC(O)CN1CCC(NC(C)c2ccsc2)CC1. The molecule has 2 atom stereocenters. The van der Waals surface area contributed by atoms with Crippen LogP contribution < -0.4 is 5.32 Å². The third-order valence-corrected chi connectivity index (χ3v) is 4.65. The Morgan fingerprint density at radius 1 is 1.50 bits per heavy atom. The van der Waals surface area contributed by atoms with Crippen molar-refractivity contribution in [3.8, 4) is 0 Å². The number of hydrogen-bond donors (Lipinski definition) is 2. The highest BCUT2D eigenvalue weighted by molar-refractivity contribution is 7.07. The number of β-amino-alcohol motifs (C(OH)–C–C–N with tert-alkyl or cyclic N) is 1. The van der Waals surface area contributed by atoms with Gasteiger partial charge in [-0.05, 0) is 55.2 Å². The van der Waals surface area contributed by atoms with Crippen LogP contribution in [0, 0.1) is 0 Å². The second-order valence-corrected chi connectivity index (χ2v) is 6.41. The Morgan fingerprint density at radius 2 is 2.25 bits per heavy atom. The normalized spacial score (nSPS) is 20.9. The Hall–Kier alpha value is -0.460. The summed E-state index contributed by atoms with van der Waals surface area (Å²) in [7, 11) is 1.63. The number of likely N-dealkylation sites (tertiary alicyclic amines) is 1. The van der Waals surface area contributed by atoms with Gasteiger partial charge in [-0.1, -0.05) is 0 Å². The van der Waals surface area contributed by atoms with Crippen LogP contribution in [0.25, 0.3) is 0 Å². The van der Waals surface area contributed by atoms with Crippen molar-refractivity contribution in [3.63, 3.8) is 0 Å². The van der Waals surface area contributed by atoms with Crippen molar-refractivity contribution in [2.45, 2.75) is 38.0 Å². The van der Waals surface area contributed by atoms with Gasteiger partial charge in [-0.25, -0.2) is 0 Å². The van der Waals surface area contributed by atoms with E-state index in [1.54, 1.807) is 18.4 Å². The highest BCUT2D eigenvalue weighted by Crippen LogP contribution is 2.19. The van der Waals surface area contributed by atoms with E-state index in [9.17, 15) is 5.11 Å². The smallest absolute Gasteiger partial charge is 0.0900 e. The van der Waals surface area contributed by atoms with Gasteiger partial charge < -0.3 is 20.1 Å². The number of rotatable bonds is 7. The summed E-state index contributed by atoms with van der Waals surface area (Å²) in [5.74, 6) is 0. The average Bonchev–Trinajstić information content (AvgIpc) is 2.95. The summed E-state index contributed by atoms with van der Waals surface area (Å²) < 4.78 is 4.97. The summed E-state index contributed by atoms with van der Waals surface area (Å²) in [5.41, 5.74) is 1.38. The van der Waals surface area contributed by atoms with Crippen LogP contribution in [-0.4, -0.2) is 55.5 Å². The van der Waals surface area contributed by atoms with Crippen LogP contribution in [0.15, 0.2) is 16.8 Å². The molecule has 1 saturated heterocycles. The van der Waals surface area contributed by atoms with Gasteiger partial charge in [-0.2, -0.15) is 11.3 Å². The molecule has 2 rings (SSSR count). The van der Waals surface area contributed by atoms with Crippen molar-refractivity contribution in [1.29, 1.82) is 0 Å². The largest absolute Gasteiger partial charge is 0.389 e. The predicted molar refractivity (Wildman–Crippen MR) is 83.2 cm³/mol. The molecule has 1 fully saturated rings. The minimum Gasteiger partial charge on any atom is -0.389 e. The molecule has 0 aromatic carbocycles. The van der Waals surface area contributed by atoms with Gasteiger partial charge in [-0.3, -0.25) is 0 Å². The van der Waals surface area contributed by atoms with Gasteiger partial charge in [0, 0.05) is 25.7 Å². The first-order chi connectivity index (χ1) is 9.69. The predicted octanol–water partition coefficient (Wildman–Crippen LogP) is 1.87. The van der Waals surface area contributed by atoms with Gasteiger partial charge in [0.05, 0.1) is 12.7 Å². The standard InChI is InChI=1S/C15H26N2O2S/c1-12(13-5-8-20-11-13)16-14-3-6-17(7-4-14)9-15(18)10-19-2/h5,8,11-12,14-16,18H,3-4,6-7,9-10H2,1-2H3. The fraction of sp³-hybridized carbons (Fsp3) is 0.733. The minimum atomic E-state index is -0.366. The lowest BCUT2D eigenvalue weighted by Crippen LogP contribution is -2.46. The zero-order valence-corrected chi connectivity index (χ0v) is 13.2. The van der Waals surface area contributed by atoms with Crippen molar-refractivity contribution >= 4 is 11.3 Å². The topological polar surface area (TPSA) is 44.7 Å². The number of aliphatic hydroxyl groups is 1. The highest BCUT2D eigenvalue weighted by atomic mass is 32.1. The van der Waals surface area contributed by atoms with Gasteiger partial charge in [0.25, 0.3) is 0 Å². The van der Waals surface area contributed by atoms with Gasteiger partial charge in [0.15, 0.2) is 0 Å². The fourth-order valence-electron chi connectivity index (χ4n) is 2.80. The molecule has 114 valence electrons. The Morgan fingerprint density at radius 3 is 2.85 bits per heavy atom. The zero-order valence-electron chi connectivity index (χ0n) is 12.4. The molecule has 2 unspecified atom stereocenters. The van der Waals surface area contributed by atoms with E-state index in [0.29, 0.717) is 18.7 Å². The molecule has 20 heavy (non-hydrogen) atoms. The van der Waals surface area contributed by atoms with Crippen LogP contribution in [0.5, 0.6) is 0 Å². The van der Waals surface area contributed by atoms with Crippen LogP contribution in [0.2, 0.25) is 0 Å². The molecule has 1 aliphatic rings. The Bertz CT molecular complexity index is 364. The van der Waals surface area contributed by atoms with Gasteiger partial charge in [0.2, 0.25) is 0 Å². The van der Waals surface area contributed by atoms with Gasteiger partial charge in [0.1, 0.15) is 0 Å².